The molecule has 0 aliphatic carbocycles. The zero-order valence-corrected chi connectivity index (χ0v) is 18.3. The highest BCUT2D eigenvalue weighted by Crippen LogP contribution is 2.27. The Morgan fingerprint density at radius 2 is 1.50 bits per heavy atom. The number of rotatable bonds is 6. The number of methoxy groups -OCH3 is 2. The second-order valence-electron chi connectivity index (χ2n) is 7.98. The summed E-state index contributed by atoms with van der Waals surface area (Å²) in [6.07, 6.45) is -0.381. The van der Waals surface area contributed by atoms with Crippen molar-refractivity contribution in [1.29, 1.82) is 0 Å². The summed E-state index contributed by atoms with van der Waals surface area (Å²) in [6.45, 7) is 6.88. The highest BCUT2D eigenvalue weighted by molar-refractivity contribution is 5.83. The summed E-state index contributed by atoms with van der Waals surface area (Å²) in [7, 11) is 3.11. The molecule has 1 aromatic rings. The van der Waals surface area contributed by atoms with Gasteiger partial charge in [-0.2, -0.15) is 0 Å². The van der Waals surface area contributed by atoms with Gasteiger partial charge < -0.3 is 29.3 Å². The van der Waals surface area contributed by atoms with Gasteiger partial charge in [0.15, 0.2) is 11.5 Å². The average Bonchev–Trinajstić information content (AvgIpc) is 2.70. The molecule has 1 heterocycles. The summed E-state index contributed by atoms with van der Waals surface area (Å²) in [5.41, 5.74) is 0.213. The van der Waals surface area contributed by atoms with E-state index < -0.39 is 11.7 Å². The maximum Gasteiger partial charge on any atom is 0.408 e. The van der Waals surface area contributed by atoms with Gasteiger partial charge in [0.25, 0.3) is 0 Å². The molecule has 1 fully saturated rings. The van der Waals surface area contributed by atoms with Crippen LogP contribution >= 0.6 is 0 Å². The summed E-state index contributed by atoms with van der Waals surface area (Å²) < 4.78 is 15.6. The van der Waals surface area contributed by atoms with E-state index >= 15 is 0 Å². The van der Waals surface area contributed by atoms with Crippen LogP contribution in [0.1, 0.15) is 26.3 Å². The van der Waals surface area contributed by atoms with E-state index in [1.165, 1.54) is 0 Å². The lowest BCUT2D eigenvalue weighted by Gasteiger charge is -2.35. The van der Waals surface area contributed by atoms with Crippen molar-refractivity contribution in [2.75, 3.05) is 46.9 Å². The number of hydrogen-bond donors (Lipinski definition) is 1. The Kier molecular flexibility index (Phi) is 7.91. The minimum atomic E-state index is -0.625. The number of piperazine rings is 1. The van der Waals surface area contributed by atoms with E-state index in [4.69, 9.17) is 14.2 Å². The lowest BCUT2D eigenvalue weighted by molar-refractivity contribution is -0.138. The standard InChI is InChI=1S/C21H31N3O6/c1-21(2,3)30-20(27)22-14-19(26)24-10-8-23(9-11-24)18(25)13-15-6-7-16(28-4)17(12-15)29-5/h6-7,12H,8-11,13-14H2,1-5H3,(H,22,27). The summed E-state index contributed by atoms with van der Waals surface area (Å²) >= 11 is 0. The molecule has 0 atom stereocenters. The predicted molar refractivity (Wildman–Crippen MR) is 111 cm³/mol. The molecule has 0 spiro atoms. The molecule has 1 aromatic carbocycles. The van der Waals surface area contributed by atoms with Gasteiger partial charge in [0.1, 0.15) is 12.1 Å². The zero-order chi connectivity index (χ0) is 22.3. The first-order chi connectivity index (χ1) is 14.1. The van der Waals surface area contributed by atoms with Gasteiger partial charge in [0.2, 0.25) is 11.8 Å². The fourth-order valence-corrected chi connectivity index (χ4v) is 3.06. The first kappa shape index (κ1) is 23.3. The third-order valence-electron chi connectivity index (χ3n) is 4.57. The number of amides is 3. The number of alkyl carbamates (subject to hydrolysis) is 1. The molecule has 0 aromatic heterocycles. The second-order valence-corrected chi connectivity index (χ2v) is 7.98. The van der Waals surface area contributed by atoms with Gasteiger partial charge in [-0.1, -0.05) is 6.07 Å². The summed E-state index contributed by atoms with van der Waals surface area (Å²) in [4.78, 5) is 40.0. The number of benzene rings is 1. The topological polar surface area (TPSA) is 97.4 Å². The van der Waals surface area contributed by atoms with Crippen LogP contribution in [0, 0.1) is 0 Å². The average molecular weight is 421 g/mol. The Labute approximate surface area is 177 Å². The molecule has 0 unspecified atom stereocenters. The Morgan fingerprint density at radius 3 is 2.03 bits per heavy atom. The van der Waals surface area contributed by atoms with Crippen molar-refractivity contribution in [2.24, 2.45) is 0 Å². The van der Waals surface area contributed by atoms with Gasteiger partial charge in [-0.15, -0.1) is 0 Å². The van der Waals surface area contributed by atoms with E-state index in [0.29, 0.717) is 37.7 Å². The van der Waals surface area contributed by atoms with Gasteiger partial charge in [0.05, 0.1) is 20.6 Å². The number of nitrogens with one attached hydrogen (secondary N) is 1. The number of carbonyl (C=O) groups is 3. The monoisotopic (exact) mass is 421 g/mol. The Hall–Kier alpha value is -2.97. The maximum atomic E-state index is 12.6. The van der Waals surface area contributed by atoms with E-state index in [1.807, 2.05) is 6.07 Å². The first-order valence-corrected chi connectivity index (χ1v) is 9.86. The molecule has 30 heavy (non-hydrogen) atoms. The number of nitrogens with zero attached hydrogens (tertiary/aromatic N) is 2. The van der Waals surface area contributed by atoms with Crippen molar-refractivity contribution in [3.05, 3.63) is 23.8 Å². The third-order valence-corrected chi connectivity index (χ3v) is 4.57. The summed E-state index contributed by atoms with van der Waals surface area (Å²) in [5.74, 6) is 0.977. The molecule has 9 heteroatoms. The molecule has 0 saturated carbocycles. The molecular formula is C21H31N3O6. The van der Waals surface area contributed by atoms with Crippen LogP contribution in [0.3, 0.4) is 0 Å². The van der Waals surface area contributed by atoms with Gasteiger partial charge in [-0.05, 0) is 38.5 Å². The minimum absolute atomic E-state index is 0.0128. The van der Waals surface area contributed by atoms with E-state index in [2.05, 4.69) is 5.32 Å². The Morgan fingerprint density at radius 1 is 0.933 bits per heavy atom. The molecule has 0 radical (unpaired) electrons. The molecular weight excluding hydrogens is 390 g/mol. The number of ether oxygens (including phenoxy) is 3. The number of hydrogen-bond acceptors (Lipinski definition) is 6. The van der Waals surface area contributed by atoms with Crippen molar-refractivity contribution in [3.8, 4) is 11.5 Å². The molecule has 2 rings (SSSR count). The van der Waals surface area contributed by atoms with E-state index in [-0.39, 0.29) is 24.8 Å². The first-order valence-electron chi connectivity index (χ1n) is 9.86. The van der Waals surface area contributed by atoms with Crippen LogP contribution in [0.25, 0.3) is 0 Å². The van der Waals surface area contributed by atoms with E-state index in [9.17, 15) is 14.4 Å². The lowest BCUT2D eigenvalue weighted by atomic mass is 10.1. The normalized spacial score (nSPS) is 14.2. The van der Waals surface area contributed by atoms with Crippen LogP contribution in [-0.2, 0) is 20.7 Å². The van der Waals surface area contributed by atoms with Gasteiger partial charge in [-0.3, -0.25) is 9.59 Å². The largest absolute Gasteiger partial charge is 0.493 e. The van der Waals surface area contributed by atoms with Crippen LogP contribution in [0.4, 0.5) is 4.79 Å². The fourth-order valence-electron chi connectivity index (χ4n) is 3.06. The van der Waals surface area contributed by atoms with Crippen molar-refractivity contribution in [3.63, 3.8) is 0 Å². The zero-order valence-electron chi connectivity index (χ0n) is 18.3. The van der Waals surface area contributed by atoms with Crippen molar-refractivity contribution >= 4 is 17.9 Å². The van der Waals surface area contributed by atoms with Gasteiger partial charge >= 0.3 is 6.09 Å². The second kappa shape index (κ2) is 10.2. The lowest BCUT2D eigenvalue weighted by Crippen LogP contribution is -2.53. The Balaban J connectivity index is 1.80. The molecule has 1 N–H and O–H groups in total. The SMILES string of the molecule is COc1ccc(CC(=O)N2CCN(C(=O)CNC(=O)OC(C)(C)C)CC2)cc1OC. The van der Waals surface area contributed by atoms with Gasteiger partial charge in [0, 0.05) is 26.2 Å². The van der Waals surface area contributed by atoms with Crippen LogP contribution in [0.15, 0.2) is 18.2 Å². The van der Waals surface area contributed by atoms with Crippen LogP contribution in [0.2, 0.25) is 0 Å². The Bertz CT molecular complexity index is 766. The quantitative estimate of drug-likeness (QED) is 0.747. The van der Waals surface area contributed by atoms with Crippen LogP contribution in [-0.4, -0.2) is 80.3 Å². The van der Waals surface area contributed by atoms with Crippen LogP contribution < -0.4 is 14.8 Å². The molecule has 1 aliphatic heterocycles. The predicted octanol–water partition coefficient (Wildman–Crippen LogP) is 1.44. The van der Waals surface area contributed by atoms with E-state index in [0.717, 1.165) is 5.56 Å². The van der Waals surface area contributed by atoms with Crippen molar-refractivity contribution in [2.45, 2.75) is 32.8 Å². The molecule has 3 amide bonds. The molecule has 166 valence electrons. The van der Waals surface area contributed by atoms with E-state index in [1.54, 1.807) is 56.9 Å². The number of carbonyl (C=O) groups excluding carboxylic acids is 3. The molecule has 9 nitrogen and oxygen atoms in total. The highest BCUT2D eigenvalue weighted by Gasteiger charge is 2.25. The third kappa shape index (κ3) is 6.82. The van der Waals surface area contributed by atoms with Gasteiger partial charge in [-0.25, -0.2) is 4.79 Å². The summed E-state index contributed by atoms with van der Waals surface area (Å²) in [6, 6.07) is 5.40. The summed E-state index contributed by atoms with van der Waals surface area (Å²) in [5, 5.41) is 2.47. The molecule has 1 aliphatic rings. The fraction of sp³-hybridized carbons (Fsp3) is 0.571. The molecule has 1 saturated heterocycles. The highest BCUT2D eigenvalue weighted by atomic mass is 16.6. The van der Waals surface area contributed by atoms with Crippen molar-refractivity contribution in [1.82, 2.24) is 15.1 Å². The van der Waals surface area contributed by atoms with Crippen molar-refractivity contribution < 1.29 is 28.6 Å². The smallest absolute Gasteiger partial charge is 0.408 e. The maximum absolute atomic E-state index is 12.6. The van der Waals surface area contributed by atoms with Crippen LogP contribution in [0.5, 0.6) is 11.5 Å². The minimum Gasteiger partial charge on any atom is -0.493 e. The molecule has 0 bridgehead atoms.